The highest BCUT2D eigenvalue weighted by molar-refractivity contribution is 6.00. The van der Waals surface area contributed by atoms with E-state index >= 15 is 8.78 Å². The number of alkyl halides is 2. The molecule has 1 fully saturated rings. The predicted octanol–water partition coefficient (Wildman–Crippen LogP) is 9.26. The third-order valence-electron chi connectivity index (χ3n) is 8.93. The number of allylic oxidation sites excluding steroid dienone is 3. The van der Waals surface area contributed by atoms with Gasteiger partial charge in [0.2, 0.25) is 0 Å². The molecular weight excluding hydrogens is 573 g/mol. The summed E-state index contributed by atoms with van der Waals surface area (Å²) in [6.45, 7) is 6.93. The van der Waals surface area contributed by atoms with Crippen LogP contribution in [0.4, 0.5) is 19.0 Å². The van der Waals surface area contributed by atoms with Gasteiger partial charge in [0.25, 0.3) is 0 Å². The van der Waals surface area contributed by atoms with E-state index in [9.17, 15) is 4.39 Å². The number of halogens is 3. The molecule has 4 heterocycles. The Balaban J connectivity index is 1.28. The largest absolute Gasteiger partial charge is 0.497 e. The maximum Gasteiger partial charge on any atom is 0.312 e. The minimum Gasteiger partial charge on any atom is -0.497 e. The van der Waals surface area contributed by atoms with Crippen LogP contribution in [-0.2, 0) is 0 Å². The third kappa shape index (κ3) is 6.34. The van der Waals surface area contributed by atoms with Crippen molar-refractivity contribution in [3.63, 3.8) is 0 Å². The lowest BCUT2D eigenvalue weighted by molar-refractivity contribution is 0.127. The van der Waals surface area contributed by atoms with Crippen LogP contribution in [-0.4, -0.2) is 47.9 Å². The smallest absolute Gasteiger partial charge is 0.312 e. The number of rotatable bonds is 6. The van der Waals surface area contributed by atoms with Crippen molar-refractivity contribution in [3.8, 4) is 17.0 Å². The number of aromatic nitrogens is 1. The molecule has 3 aliphatic heterocycles. The molecule has 0 spiro atoms. The molecule has 2 unspecified atom stereocenters. The molecule has 0 saturated carbocycles. The SMILES string of the molecule is C=C=CC(F)(F)C1=NC(=C2CCN(C3=CCCC=Nc4[nH]c(-c5ccc(F)cc5)cc43)CC2)CC(C)C1c1ccc(OC)cc1. The molecule has 45 heavy (non-hydrogen) atoms. The maximum absolute atomic E-state index is 15.6. The van der Waals surface area contributed by atoms with Gasteiger partial charge in [0, 0.05) is 53.9 Å². The first-order valence-electron chi connectivity index (χ1n) is 15.4. The van der Waals surface area contributed by atoms with Crippen LogP contribution in [0.2, 0.25) is 0 Å². The van der Waals surface area contributed by atoms with Gasteiger partial charge in [-0.15, -0.1) is 5.73 Å². The van der Waals surface area contributed by atoms with E-state index in [1.165, 1.54) is 12.1 Å². The summed E-state index contributed by atoms with van der Waals surface area (Å²) in [5, 5.41) is 0. The summed E-state index contributed by atoms with van der Waals surface area (Å²) in [5.41, 5.74) is 8.72. The second-order valence-electron chi connectivity index (χ2n) is 11.9. The monoisotopic (exact) mass is 610 g/mol. The zero-order valence-electron chi connectivity index (χ0n) is 25.6. The molecule has 2 aromatic carbocycles. The molecule has 3 aliphatic rings. The number of piperidine rings is 1. The molecule has 0 radical (unpaired) electrons. The van der Waals surface area contributed by atoms with Crippen LogP contribution in [0, 0.1) is 11.7 Å². The third-order valence-corrected chi connectivity index (χ3v) is 8.93. The van der Waals surface area contributed by atoms with Gasteiger partial charge in [-0.1, -0.05) is 31.7 Å². The number of hydrogen-bond acceptors (Lipinski definition) is 4. The minimum absolute atomic E-state index is 0.0750. The van der Waals surface area contributed by atoms with Gasteiger partial charge in [-0.3, -0.25) is 4.99 Å². The first kappa shape index (κ1) is 30.5. The van der Waals surface area contributed by atoms with Crippen LogP contribution in [0.15, 0.2) is 100 Å². The van der Waals surface area contributed by atoms with E-state index < -0.39 is 11.8 Å². The molecular formula is C37H37F3N4O. The topological polar surface area (TPSA) is 53.0 Å². The number of aromatic amines is 1. The molecule has 0 amide bonds. The number of nitrogens with one attached hydrogen (secondary N) is 1. The average molecular weight is 611 g/mol. The summed E-state index contributed by atoms with van der Waals surface area (Å²) in [5.74, 6) is -2.71. The molecule has 6 rings (SSSR count). The van der Waals surface area contributed by atoms with Gasteiger partial charge in [0.1, 0.15) is 17.4 Å². The Labute approximate surface area is 262 Å². The second-order valence-corrected chi connectivity index (χ2v) is 11.9. The zero-order chi connectivity index (χ0) is 31.6. The lowest BCUT2D eigenvalue weighted by Gasteiger charge is -2.37. The van der Waals surface area contributed by atoms with Crippen molar-refractivity contribution in [2.24, 2.45) is 15.9 Å². The van der Waals surface area contributed by atoms with Gasteiger partial charge in [-0.2, -0.15) is 8.78 Å². The van der Waals surface area contributed by atoms with Gasteiger partial charge in [-0.25, -0.2) is 9.38 Å². The number of benzene rings is 2. The van der Waals surface area contributed by atoms with Gasteiger partial charge < -0.3 is 14.6 Å². The maximum atomic E-state index is 15.6. The number of fused-ring (bicyclic) bond motifs is 1. The number of ether oxygens (including phenoxy) is 1. The van der Waals surface area contributed by atoms with Crippen molar-refractivity contribution in [2.75, 3.05) is 20.2 Å². The highest BCUT2D eigenvalue weighted by atomic mass is 19.3. The Kier molecular flexibility index (Phi) is 8.68. The molecule has 1 saturated heterocycles. The summed E-state index contributed by atoms with van der Waals surface area (Å²) in [4.78, 5) is 15.2. The van der Waals surface area contributed by atoms with Crippen molar-refractivity contribution in [1.82, 2.24) is 9.88 Å². The molecule has 1 aromatic heterocycles. The van der Waals surface area contributed by atoms with Crippen molar-refractivity contribution in [3.05, 3.63) is 107 Å². The minimum atomic E-state index is -3.27. The van der Waals surface area contributed by atoms with Crippen LogP contribution in [0.1, 0.15) is 56.1 Å². The van der Waals surface area contributed by atoms with E-state index in [1.807, 2.05) is 25.3 Å². The van der Waals surface area contributed by atoms with Gasteiger partial charge in [-0.05, 0) is 97.2 Å². The fourth-order valence-corrected chi connectivity index (χ4v) is 6.65. The van der Waals surface area contributed by atoms with Crippen molar-refractivity contribution in [2.45, 2.75) is 50.9 Å². The number of aliphatic imine (C=N–C) groups is 2. The summed E-state index contributed by atoms with van der Waals surface area (Å²) in [7, 11) is 1.59. The predicted molar refractivity (Wildman–Crippen MR) is 175 cm³/mol. The molecule has 232 valence electrons. The number of hydrogen-bond donors (Lipinski definition) is 1. The second kappa shape index (κ2) is 12.8. The van der Waals surface area contributed by atoms with E-state index in [2.05, 4.69) is 34.3 Å². The van der Waals surface area contributed by atoms with E-state index in [-0.39, 0.29) is 17.4 Å². The molecule has 3 aromatic rings. The van der Waals surface area contributed by atoms with Gasteiger partial charge in [0.05, 0.1) is 12.8 Å². The quantitative estimate of drug-likeness (QED) is 0.283. The lowest BCUT2D eigenvalue weighted by Crippen LogP contribution is -2.38. The molecule has 5 nitrogen and oxygen atoms in total. The van der Waals surface area contributed by atoms with Crippen molar-refractivity contribution < 1.29 is 17.9 Å². The van der Waals surface area contributed by atoms with Crippen LogP contribution in [0.5, 0.6) is 5.75 Å². The number of methoxy groups -OCH3 is 1. The van der Waals surface area contributed by atoms with Crippen molar-refractivity contribution >= 4 is 23.4 Å². The van der Waals surface area contributed by atoms with Crippen LogP contribution < -0.4 is 4.74 Å². The molecule has 0 bridgehead atoms. The zero-order valence-corrected chi connectivity index (χ0v) is 25.6. The number of H-pyrrole nitrogens is 1. The first-order valence-corrected chi connectivity index (χ1v) is 15.4. The highest BCUT2D eigenvalue weighted by Crippen LogP contribution is 2.44. The Bertz CT molecular complexity index is 1710. The molecule has 2 atom stereocenters. The number of nitrogens with zero attached hydrogens (tertiary/aromatic N) is 3. The van der Waals surface area contributed by atoms with E-state index in [0.29, 0.717) is 12.2 Å². The van der Waals surface area contributed by atoms with E-state index in [4.69, 9.17) is 14.7 Å². The Hall–Kier alpha value is -4.55. The molecule has 0 aliphatic carbocycles. The normalized spacial score (nSPS) is 20.4. The average Bonchev–Trinajstić information content (AvgIpc) is 3.44. The van der Waals surface area contributed by atoms with Crippen LogP contribution in [0.3, 0.4) is 0 Å². The highest BCUT2D eigenvalue weighted by Gasteiger charge is 2.44. The number of likely N-dealkylation sites (tertiary alicyclic amines) is 1. The standard InChI is InChI=1S/C37H37F3N4O/c1-4-18-37(39,40)35-34(27-10-14-29(45-3)15-11-27)24(2)22-31(42-35)26-16-20-44(21-17-26)33-7-5-6-19-41-36-30(33)23-32(43-36)25-8-12-28(38)13-9-25/h7-15,18-19,23-24,34,43H,1,5-6,16-17,20-22H2,2-3H3. The van der Waals surface area contributed by atoms with Crippen LogP contribution in [0.25, 0.3) is 17.0 Å². The molecule has 1 N–H and O–H groups in total. The van der Waals surface area contributed by atoms with E-state index in [1.54, 1.807) is 31.4 Å². The van der Waals surface area contributed by atoms with E-state index in [0.717, 1.165) is 90.0 Å². The first-order chi connectivity index (χ1) is 21.8. The Morgan fingerprint density at radius 2 is 1.80 bits per heavy atom. The fraction of sp³-hybridized carbons (Fsp3) is 0.324. The Morgan fingerprint density at radius 1 is 1.07 bits per heavy atom. The lowest BCUT2D eigenvalue weighted by atomic mass is 9.76. The summed E-state index contributed by atoms with van der Waals surface area (Å²) in [6.07, 6.45) is 8.70. The van der Waals surface area contributed by atoms with Gasteiger partial charge in [0.15, 0.2) is 0 Å². The summed E-state index contributed by atoms with van der Waals surface area (Å²) >= 11 is 0. The van der Waals surface area contributed by atoms with Crippen molar-refractivity contribution in [1.29, 1.82) is 0 Å². The molecule has 8 heteroatoms. The summed E-state index contributed by atoms with van der Waals surface area (Å²) < 4.78 is 50.0. The van der Waals surface area contributed by atoms with Gasteiger partial charge >= 0.3 is 5.92 Å². The fourth-order valence-electron chi connectivity index (χ4n) is 6.65. The van der Waals surface area contributed by atoms with Crippen LogP contribution >= 0.6 is 0 Å². The Morgan fingerprint density at radius 3 is 2.49 bits per heavy atom. The summed E-state index contributed by atoms with van der Waals surface area (Å²) in [6, 6.07) is 15.8.